The molecule has 1 aromatic rings. The summed E-state index contributed by atoms with van der Waals surface area (Å²) in [4.78, 5) is 10.9. The van der Waals surface area contributed by atoms with Crippen LogP contribution in [0.15, 0.2) is 47.6 Å². The Labute approximate surface area is 88.6 Å². The van der Waals surface area contributed by atoms with E-state index in [-0.39, 0.29) is 0 Å². The first kappa shape index (κ1) is 9.71. The molecule has 0 amide bonds. The van der Waals surface area contributed by atoms with Crippen molar-refractivity contribution in [3.8, 4) is 0 Å². The first-order valence-corrected chi connectivity index (χ1v) is 4.96. The Morgan fingerprint density at radius 2 is 1.87 bits per heavy atom. The van der Waals surface area contributed by atoms with Gasteiger partial charge in [-0.05, 0) is 24.5 Å². The molecule has 1 saturated carbocycles. The third kappa shape index (κ3) is 2.56. The molecule has 0 spiro atoms. The van der Waals surface area contributed by atoms with Gasteiger partial charge in [0.2, 0.25) is 0 Å². The number of carboxylic acids is 1. The van der Waals surface area contributed by atoms with Crippen molar-refractivity contribution in [2.45, 2.75) is 12.8 Å². The van der Waals surface area contributed by atoms with Crippen molar-refractivity contribution in [2.24, 2.45) is 0 Å². The van der Waals surface area contributed by atoms with Crippen LogP contribution in [-0.2, 0) is 4.79 Å². The molecular weight excluding hydrogens is 188 g/mol. The quantitative estimate of drug-likeness (QED) is 0.762. The zero-order valence-corrected chi connectivity index (χ0v) is 8.31. The lowest BCUT2D eigenvalue weighted by atomic mass is 10.1. The van der Waals surface area contributed by atoms with Crippen LogP contribution in [0.2, 0.25) is 0 Å². The van der Waals surface area contributed by atoms with E-state index in [1.54, 1.807) is 6.08 Å². The van der Waals surface area contributed by atoms with E-state index >= 15 is 0 Å². The lowest BCUT2D eigenvalue weighted by Gasteiger charge is -1.94. The van der Waals surface area contributed by atoms with Crippen molar-refractivity contribution in [2.75, 3.05) is 0 Å². The Kier molecular flexibility index (Phi) is 2.68. The van der Waals surface area contributed by atoms with Crippen LogP contribution in [0.1, 0.15) is 18.4 Å². The lowest BCUT2D eigenvalue weighted by Crippen LogP contribution is -1.97. The van der Waals surface area contributed by atoms with E-state index in [9.17, 15) is 4.79 Å². The molecule has 0 saturated heterocycles. The first-order valence-electron chi connectivity index (χ1n) is 4.96. The molecule has 0 heterocycles. The molecule has 0 radical (unpaired) electrons. The smallest absolute Gasteiger partial charge is 0.335 e. The average Bonchev–Trinajstić information content (AvgIpc) is 3.03. The number of allylic oxidation sites excluding steroid dienone is 1. The summed E-state index contributed by atoms with van der Waals surface area (Å²) in [5, 5.41) is 8.95. The highest BCUT2D eigenvalue weighted by Crippen LogP contribution is 2.32. The maximum Gasteiger partial charge on any atom is 0.335 e. The van der Waals surface area contributed by atoms with Crippen LogP contribution in [0.5, 0.6) is 0 Å². The zero-order chi connectivity index (χ0) is 10.7. The summed E-state index contributed by atoms with van der Waals surface area (Å²) in [6, 6.07) is 9.71. The number of hydrogen-bond donors (Lipinski definition) is 1. The van der Waals surface area contributed by atoms with Crippen LogP contribution in [0.25, 0.3) is 6.08 Å². The van der Waals surface area contributed by atoms with Crippen LogP contribution >= 0.6 is 0 Å². The van der Waals surface area contributed by atoms with Crippen LogP contribution < -0.4 is 0 Å². The largest absolute Gasteiger partial charge is 0.478 e. The van der Waals surface area contributed by atoms with E-state index in [0.717, 1.165) is 24.0 Å². The number of carbonyl (C=O) groups is 1. The minimum absolute atomic E-state index is 0.457. The normalized spacial score (nSPS) is 14.3. The summed E-state index contributed by atoms with van der Waals surface area (Å²) in [6.45, 7) is 0. The number of hydrogen-bond acceptors (Lipinski definition) is 1. The molecule has 1 aliphatic carbocycles. The van der Waals surface area contributed by atoms with E-state index in [1.807, 2.05) is 36.4 Å². The van der Waals surface area contributed by atoms with Crippen LogP contribution in [0, 0.1) is 0 Å². The van der Waals surface area contributed by atoms with Gasteiger partial charge in [0, 0.05) is 0 Å². The van der Waals surface area contributed by atoms with Gasteiger partial charge >= 0.3 is 5.97 Å². The third-order valence-corrected chi connectivity index (χ3v) is 2.35. The van der Waals surface area contributed by atoms with Crippen LogP contribution in [0.3, 0.4) is 0 Å². The maximum atomic E-state index is 10.9. The Morgan fingerprint density at radius 3 is 2.40 bits per heavy atom. The Bertz CT molecular complexity index is 421. The summed E-state index contributed by atoms with van der Waals surface area (Å²) in [5.41, 5.74) is 2.53. The van der Waals surface area contributed by atoms with Gasteiger partial charge in [0.15, 0.2) is 0 Å². The number of rotatable bonds is 3. The second-order valence-electron chi connectivity index (χ2n) is 3.57. The van der Waals surface area contributed by atoms with Crippen molar-refractivity contribution in [3.63, 3.8) is 0 Å². The molecule has 2 heteroatoms. The molecule has 2 rings (SSSR count). The number of benzene rings is 1. The highest BCUT2D eigenvalue weighted by molar-refractivity contribution is 5.93. The summed E-state index contributed by atoms with van der Waals surface area (Å²) in [6.07, 6.45) is 5.40. The molecule has 0 unspecified atom stereocenters. The summed E-state index contributed by atoms with van der Waals surface area (Å²) in [7, 11) is 0. The van der Waals surface area contributed by atoms with Gasteiger partial charge in [0.1, 0.15) is 0 Å². The van der Waals surface area contributed by atoms with Crippen LogP contribution in [0.4, 0.5) is 0 Å². The molecular formula is C13H12O2. The molecule has 1 N–H and O–H groups in total. The molecule has 15 heavy (non-hydrogen) atoms. The van der Waals surface area contributed by atoms with Crippen molar-refractivity contribution in [3.05, 3.63) is 53.1 Å². The third-order valence-electron chi connectivity index (χ3n) is 2.35. The van der Waals surface area contributed by atoms with Gasteiger partial charge in [-0.25, -0.2) is 4.79 Å². The molecule has 2 nitrogen and oxygen atoms in total. The zero-order valence-electron chi connectivity index (χ0n) is 8.31. The van der Waals surface area contributed by atoms with E-state index in [4.69, 9.17) is 5.11 Å². The molecule has 76 valence electrons. The van der Waals surface area contributed by atoms with Gasteiger partial charge in [-0.3, -0.25) is 0 Å². The summed E-state index contributed by atoms with van der Waals surface area (Å²) in [5.74, 6) is -0.824. The number of carboxylic acid groups (broad SMARTS) is 1. The predicted molar refractivity (Wildman–Crippen MR) is 59.4 cm³/mol. The topological polar surface area (TPSA) is 37.3 Å². The SMILES string of the molecule is O=C(O)C(C=Cc1ccccc1)=C1CC1. The Balaban J connectivity index is 2.18. The average molecular weight is 200 g/mol. The second-order valence-corrected chi connectivity index (χ2v) is 3.57. The predicted octanol–water partition coefficient (Wildman–Crippen LogP) is 2.87. The fourth-order valence-corrected chi connectivity index (χ4v) is 1.42. The molecule has 0 bridgehead atoms. The van der Waals surface area contributed by atoms with Crippen molar-refractivity contribution in [1.82, 2.24) is 0 Å². The Morgan fingerprint density at radius 1 is 1.20 bits per heavy atom. The van der Waals surface area contributed by atoms with E-state index < -0.39 is 5.97 Å². The van der Waals surface area contributed by atoms with E-state index in [1.165, 1.54) is 0 Å². The second kappa shape index (κ2) is 4.13. The van der Waals surface area contributed by atoms with Crippen molar-refractivity contribution >= 4 is 12.0 Å². The van der Waals surface area contributed by atoms with Gasteiger partial charge in [-0.2, -0.15) is 0 Å². The minimum Gasteiger partial charge on any atom is -0.478 e. The van der Waals surface area contributed by atoms with E-state index in [0.29, 0.717) is 5.57 Å². The monoisotopic (exact) mass is 200 g/mol. The van der Waals surface area contributed by atoms with Gasteiger partial charge in [0.25, 0.3) is 0 Å². The Hall–Kier alpha value is -1.83. The standard InChI is InChI=1S/C13H12O2/c14-13(15)12(11-7-8-11)9-6-10-4-2-1-3-5-10/h1-6,9H,7-8H2,(H,14,15). The fraction of sp³-hybridized carbons (Fsp3) is 0.154. The van der Waals surface area contributed by atoms with E-state index in [2.05, 4.69) is 0 Å². The highest BCUT2D eigenvalue weighted by Gasteiger charge is 2.20. The summed E-state index contributed by atoms with van der Waals surface area (Å²) < 4.78 is 0. The van der Waals surface area contributed by atoms with Gasteiger partial charge in [-0.1, -0.05) is 42.0 Å². The number of aliphatic carboxylic acids is 1. The molecule has 1 fully saturated rings. The van der Waals surface area contributed by atoms with Crippen molar-refractivity contribution < 1.29 is 9.90 Å². The molecule has 0 aromatic heterocycles. The minimum atomic E-state index is -0.824. The van der Waals surface area contributed by atoms with Gasteiger partial charge in [0.05, 0.1) is 5.57 Å². The maximum absolute atomic E-state index is 10.9. The van der Waals surface area contributed by atoms with Gasteiger partial charge in [-0.15, -0.1) is 0 Å². The van der Waals surface area contributed by atoms with Crippen molar-refractivity contribution in [1.29, 1.82) is 0 Å². The van der Waals surface area contributed by atoms with Crippen LogP contribution in [-0.4, -0.2) is 11.1 Å². The summed E-state index contributed by atoms with van der Waals surface area (Å²) >= 11 is 0. The van der Waals surface area contributed by atoms with Gasteiger partial charge < -0.3 is 5.11 Å². The molecule has 1 aliphatic rings. The first-order chi connectivity index (χ1) is 7.27. The lowest BCUT2D eigenvalue weighted by molar-refractivity contribution is -0.132. The molecule has 0 atom stereocenters. The fourth-order valence-electron chi connectivity index (χ4n) is 1.42. The molecule has 1 aromatic carbocycles. The molecule has 0 aliphatic heterocycles. The highest BCUT2D eigenvalue weighted by atomic mass is 16.4.